The molecule has 0 spiro atoms. The standard InChI is InChI=1S/C23H23ClF3N3/c1-5-21(29-12-15(3)23(25,26)27)30-11-9-14(2)19(13-30)16(4)17-6-7-20(24)22-18(17)8-10-28-22/h5-8,10,12,28H,1-2,9,11,13H2,3-4H3/b15-12+,19-16+,29-21?. The van der Waals surface area contributed by atoms with Gasteiger partial charge >= 0.3 is 6.18 Å². The molecule has 0 unspecified atom stereocenters. The minimum absolute atomic E-state index is 0.402. The maximum absolute atomic E-state index is 12.8. The monoisotopic (exact) mass is 433 g/mol. The number of rotatable bonds is 3. The third kappa shape index (κ3) is 4.38. The third-order valence-corrected chi connectivity index (χ3v) is 5.65. The van der Waals surface area contributed by atoms with Gasteiger partial charge in [0.1, 0.15) is 5.84 Å². The summed E-state index contributed by atoms with van der Waals surface area (Å²) < 4.78 is 38.3. The van der Waals surface area contributed by atoms with E-state index in [0.717, 1.165) is 46.3 Å². The van der Waals surface area contributed by atoms with E-state index in [-0.39, 0.29) is 0 Å². The molecule has 0 atom stereocenters. The molecular weight excluding hydrogens is 411 g/mol. The van der Waals surface area contributed by atoms with E-state index < -0.39 is 11.7 Å². The van der Waals surface area contributed by atoms with Gasteiger partial charge in [-0.25, -0.2) is 4.99 Å². The first-order valence-corrected chi connectivity index (χ1v) is 9.84. The molecule has 1 aliphatic heterocycles. The Hall–Kier alpha value is -2.73. The Bertz CT molecular complexity index is 1090. The Morgan fingerprint density at radius 2 is 2.00 bits per heavy atom. The number of nitrogens with zero attached hydrogens (tertiary/aromatic N) is 2. The number of amidine groups is 1. The predicted octanol–water partition coefficient (Wildman–Crippen LogP) is 6.91. The SMILES string of the molecule is C=CC(=N/C=C(\C)C(F)(F)F)N1CCC(=C)/C(=C(\C)c2ccc(Cl)c3[nH]ccc23)C1. The summed E-state index contributed by atoms with van der Waals surface area (Å²) in [5, 5.41) is 1.66. The highest BCUT2D eigenvalue weighted by atomic mass is 35.5. The van der Waals surface area contributed by atoms with Crippen molar-refractivity contribution in [2.24, 2.45) is 4.99 Å². The number of fused-ring (bicyclic) bond motifs is 1. The van der Waals surface area contributed by atoms with Crippen LogP contribution in [0.25, 0.3) is 16.5 Å². The van der Waals surface area contributed by atoms with Crippen LogP contribution in [-0.4, -0.2) is 35.0 Å². The fourth-order valence-corrected chi connectivity index (χ4v) is 3.71. The molecule has 30 heavy (non-hydrogen) atoms. The number of likely N-dealkylation sites (tertiary alicyclic amines) is 1. The summed E-state index contributed by atoms with van der Waals surface area (Å²) >= 11 is 6.28. The van der Waals surface area contributed by atoms with Gasteiger partial charge in [0.05, 0.1) is 10.5 Å². The molecule has 158 valence electrons. The maximum Gasteiger partial charge on any atom is 0.413 e. The van der Waals surface area contributed by atoms with E-state index in [2.05, 4.69) is 23.1 Å². The Kier molecular flexibility index (Phi) is 6.27. The van der Waals surface area contributed by atoms with Crippen LogP contribution < -0.4 is 0 Å². The second-order valence-electron chi connectivity index (χ2n) is 7.24. The summed E-state index contributed by atoms with van der Waals surface area (Å²) in [6, 6.07) is 5.81. The minimum atomic E-state index is -4.40. The molecule has 2 heterocycles. The van der Waals surface area contributed by atoms with Gasteiger partial charge in [-0.15, -0.1) is 0 Å². The quantitative estimate of drug-likeness (QED) is 0.414. The molecule has 0 bridgehead atoms. The highest BCUT2D eigenvalue weighted by molar-refractivity contribution is 6.35. The lowest BCUT2D eigenvalue weighted by Crippen LogP contribution is -2.36. The van der Waals surface area contributed by atoms with Gasteiger partial charge in [-0.1, -0.05) is 30.8 Å². The highest BCUT2D eigenvalue weighted by Crippen LogP contribution is 2.34. The number of H-pyrrole nitrogens is 1. The number of halogens is 4. The second kappa shape index (κ2) is 8.56. The van der Waals surface area contributed by atoms with Gasteiger partial charge in [0.15, 0.2) is 0 Å². The zero-order chi connectivity index (χ0) is 22.1. The lowest BCUT2D eigenvalue weighted by Gasteiger charge is -2.33. The molecule has 1 saturated heterocycles. The van der Waals surface area contributed by atoms with Gasteiger partial charge in [-0.05, 0) is 60.8 Å². The molecule has 0 saturated carbocycles. The van der Waals surface area contributed by atoms with E-state index in [1.54, 1.807) is 0 Å². The van der Waals surface area contributed by atoms with Crippen LogP contribution in [0.1, 0.15) is 25.8 Å². The van der Waals surface area contributed by atoms with Crippen molar-refractivity contribution in [2.75, 3.05) is 13.1 Å². The van der Waals surface area contributed by atoms with Crippen LogP contribution in [0.3, 0.4) is 0 Å². The normalized spacial score (nSPS) is 18.2. The van der Waals surface area contributed by atoms with Crippen LogP contribution in [0.2, 0.25) is 5.02 Å². The van der Waals surface area contributed by atoms with Gasteiger partial charge < -0.3 is 9.88 Å². The number of aromatic nitrogens is 1. The fourth-order valence-electron chi connectivity index (χ4n) is 3.49. The van der Waals surface area contributed by atoms with Gasteiger partial charge in [-0.2, -0.15) is 13.2 Å². The summed E-state index contributed by atoms with van der Waals surface area (Å²) in [6.07, 6.45) is 0.459. The average Bonchev–Trinajstić information content (AvgIpc) is 3.19. The maximum atomic E-state index is 12.8. The number of hydrogen-bond acceptors (Lipinski definition) is 1. The van der Waals surface area contributed by atoms with Crippen molar-refractivity contribution in [3.05, 3.63) is 77.1 Å². The molecule has 1 aliphatic rings. The average molecular weight is 434 g/mol. The van der Waals surface area contributed by atoms with Gasteiger partial charge in [-0.3, -0.25) is 0 Å². The van der Waals surface area contributed by atoms with Crippen molar-refractivity contribution >= 4 is 33.9 Å². The number of aromatic amines is 1. The molecule has 0 radical (unpaired) electrons. The van der Waals surface area contributed by atoms with Crippen LogP contribution in [0.5, 0.6) is 0 Å². The lowest BCUT2D eigenvalue weighted by atomic mass is 9.90. The van der Waals surface area contributed by atoms with E-state index in [0.29, 0.717) is 30.4 Å². The smallest absolute Gasteiger partial charge is 0.360 e. The number of aliphatic imine (C=N–C) groups is 1. The fraction of sp³-hybridized carbons (Fsp3) is 0.261. The largest absolute Gasteiger partial charge is 0.413 e. The highest BCUT2D eigenvalue weighted by Gasteiger charge is 2.30. The van der Waals surface area contributed by atoms with E-state index in [1.165, 1.54) is 6.08 Å². The van der Waals surface area contributed by atoms with Crippen LogP contribution in [0.4, 0.5) is 13.2 Å². The number of piperidine rings is 1. The molecule has 1 aromatic carbocycles. The van der Waals surface area contributed by atoms with Crippen LogP contribution in [0, 0.1) is 0 Å². The summed E-state index contributed by atoms with van der Waals surface area (Å²) in [5.41, 5.74) is 4.25. The van der Waals surface area contributed by atoms with Crippen molar-refractivity contribution in [1.82, 2.24) is 9.88 Å². The van der Waals surface area contributed by atoms with E-state index in [4.69, 9.17) is 11.6 Å². The molecule has 1 fully saturated rings. The second-order valence-corrected chi connectivity index (χ2v) is 7.65. The lowest BCUT2D eigenvalue weighted by molar-refractivity contribution is -0.0914. The number of benzene rings is 1. The molecule has 7 heteroatoms. The van der Waals surface area contributed by atoms with Crippen molar-refractivity contribution in [2.45, 2.75) is 26.4 Å². The summed E-state index contributed by atoms with van der Waals surface area (Å²) in [6.45, 7) is 12.1. The number of allylic oxidation sites excluding steroid dienone is 2. The zero-order valence-corrected chi connectivity index (χ0v) is 17.7. The number of alkyl halides is 3. The third-order valence-electron chi connectivity index (χ3n) is 5.33. The van der Waals surface area contributed by atoms with Crippen LogP contribution >= 0.6 is 11.6 Å². The number of nitrogens with one attached hydrogen (secondary N) is 1. The van der Waals surface area contributed by atoms with E-state index in [1.807, 2.05) is 36.2 Å². The zero-order valence-electron chi connectivity index (χ0n) is 16.9. The van der Waals surface area contributed by atoms with Crippen molar-refractivity contribution in [1.29, 1.82) is 0 Å². The topological polar surface area (TPSA) is 31.4 Å². The molecule has 0 amide bonds. The van der Waals surface area contributed by atoms with Gasteiger partial charge in [0.2, 0.25) is 0 Å². The molecule has 1 N–H and O–H groups in total. The Morgan fingerprint density at radius 3 is 2.67 bits per heavy atom. The molecule has 2 aromatic rings. The predicted molar refractivity (Wildman–Crippen MR) is 119 cm³/mol. The van der Waals surface area contributed by atoms with Crippen molar-refractivity contribution < 1.29 is 13.2 Å². The summed E-state index contributed by atoms with van der Waals surface area (Å²) in [7, 11) is 0. The van der Waals surface area contributed by atoms with Crippen LogP contribution in [0.15, 0.2) is 71.5 Å². The Morgan fingerprint density at radius 1 is 1.27 bits per heavy atom. The first kappa shape index (κ1) is 22.0. The Labute approximate surface area is 178 Å². The molecule has 0 aliphatic carbocycles. The molecular formula is C23H23ClF3N3. The van der Waals surface area contributed by atoms with Crippen LogP contribution in [-0.2, 0) is 0 Å². The first-order valence-electron chi connectivity index (χ1n) is 9.46. The summed E-state index contributed by atoms with van der Waals surface area (Å²) in [4.78, 5) is 9.12. The van der Waals surface area contributed by atoms with Crippen molar-refractivity contribution in [3.8, 4) is 0 Å². The van der Waals surface area contributed by atoms with Gasteiger partial charge in [0, 0.05) is 36.4 Å². The Balaban J connectivity index is 1.98. The molecule has 3 nitrogen and oxygen atoms in total. The molecule has 3 rings (SSSR count). The van der Waals surface area contributed by atoms with Crippen molar-refractivity contribution in [3.63, 3.8) is 0 Å². The van der Waals surface area contributed by atoms with E-state index >= 15 is 0 Å². The summed E-state index contributed by atoms with van der Waals surface area (Å²) in [5.74, 6) is 0.402. The minimum Gasteiger partial charge on any atom is -0.360 e. The van der Waals surface area contributed by atoms with Gasteiger partial charge in [0.25, 0.3) is 0 Å². The molecule has 1 aromatic heterocycles. The van der Waals surface area contributed by atoms with E-state index in [9.17, 15) is 13.2 Å². The number of hydrogen-bond donors (Lipinski definition) is 1. The first-order chi connectivity index (χ1) is 14.1.